The Morgan fingerprint density at radius 2 is 1.89 bits per heavy atom. The average molecular weight is 410 g/mol. The van der Waals surface area contributed by atoms with Gasteiger partial charge in [-0.05, 0) is 46.2 Å². The minimum absolute atomic E-state index is 0.1000. The summed E-state index contributed by atoms with van der Waals surface area (Å²) in [5.74, 6) is -0.508. The van der Waals surface area contributed by atoms with E-state index in [-0.39, 0.29) is 29.9 Å². The number of ether oxygens (including phenoxy) is 1. The molecule has 1 saturated heterocycles. The summed E-state index contributed by atoms with van der Waals surface area (Å²) in [7, 11) is -3.02. The van der Waals surface area contributed by atoms with Crippen molar-refractivity contribution < 1.29 is 22.7 Å². The molecule has 8 heteroatoms. The van der Waals surface area contributed by atoms with Crippen LogP contribution in [0.15, 0.2) is 12.1 Å². The van der Waals surface area contributed by atoms with Gasteiger partial charge in [0.2, 0.25) is 5.78 Å². The van der Waals surface area contributed by atoms with Gasteiger partial charge in [0, 0.05) is 32.7 Å². The number of sulfone groups is 1. The Morgan fingerprint density at radius 3 is 2.44 bits per heavy atom. The number of ketones is 1. The molecule has 1 aliphatic heterocycles. The normalized spacial score (nSPS) is 18.6. The number of nitrogens with zero attached hydrogens (tertiary/aromatic N) is 1. The van der Waals surface area contributed by atoms with Crippen molar-refractivity contribution in [1.82, 2.24) is 4.57 Å². The second-order valence-corrected chi connectivity index (χ2v) is 10.7. The number of Topliss-reactive ketones (excluding diaryl/α,β-unsaturated/α-hetero) is 1. The van der Waals surface area contributed by atoms with E-state index in [9.17, 15) is 18.0 Å². The van der Waals surface area contributed by atoms with Crippen LogP contribution >= 0.6 is 11.3 Å². The van der Waals surface area contributed by atoms with Crippen molar-refractivity contribution in [3.05, 3.63) is 44.4 Å². The summed E-state index contributed by atoms with van der Waals surface area (Å²) in [6.45, 7) is 7.09. The lowest BCUT2D eigenvalue weighted by Crippen LogP contribution is -2.17. The van der Waals surface area contributed by atoms with Gasteiger partial charge in [0.15, 0.2) is 16.4 Å². The van der Waals surface area contributed by atoms with Gasteiger partial charge >= 0.3 is 5.97 Å². The molecule has 0 bridgehead atoms. The maximum absolute atomic E-state index is 12.6. The van der Waals surface area contributed by atoms with Crippen LogP contribution in [0.5, 0.6) is 0 Å². The van der Waals surface area contributed by atoms with Crippen molar-refractivity contribution in [2.45, 2.75) is 40.2 Å². The molecule has 0 amide bonds. The van der Waals surface area contributed by atoms with Crippen LogP contribution < -0.4 is 0 Å². The van der Waals surface area contributed by atoms with Gasteiger partial charge in [-0.25, -0.2) is 13.2 Å². The predicted molar refractivity (Wildman–Crippen MR) is 105 cm³/mol. The molecule has 3 rings (SSSR count). The molecule has 6 nitrogen and oxygen atoms in total. The van der Waals surface area contributed by atoms with E-state index in [1.54, 1.807) is 19.1 Å². The zero-order valence-corrected chi connectivity index (χ0v) is 17.5. The van der Waals surface area contributed by atoms with E-state index in [2.05, 4.69) is 0 Å². The molecule has 3 heterocycles. The molecule has 1 fully saturated rings. The van der Waals surface area contributed by atoms with E-state index in [1.807, 2.05) is 25.3 Å². The third-order valence-electron chi connectivity index (χ3n) is 4.95. The summed E-state index contributed by atoms with van der Waals surface area (Å²) in [5.41, 5.74) is 2.53. The van der Waals surface area contributed by atoms with Crippen LogP contribution in [0, 0.1) is 27.7 Å². The SMILES string of the molecule is Cc1cc(C(=O)OCC(=O)c2cc(C)n([C@H]3CCS(=O)(=O)C3)c2C)c(C)s1. The van der Waals surface area contributed by atoms with Gasteiger partial charge in [-0.1, -0.05) is 0 Å². The first-order chi connectivity index (χ1) is 12.6. The number of hydrogen-bond donors (Lipinski definition) is 0. The summed E-state index contributed by atoms with van der Waals surface area (Å²) >= 11 is 1.51. The first-order valence-electron chi connectivity index (χ1n) is 8.75. The van der Waals surface area contributed by atoms with Crippen LogP contribution in [0.1, 0.15) is 54.3 Å². The molecule has 1 atom stereocenters. The largest absolute Gasteiger partial charge is 0.454 e. The Labute approximate surface area is 163 Å². The molecule has 0 N–H and O–H groups in total. The van der Waals surface area contributed by atoms with E-state index in [0.29, 0.717) is 17.5 Å². The third-order valence-corrected chi connectivity index (χ3v) is 7.67. The van der Waals surface area contributed by atoms with Gasteiger partial charge in [-0.2, -0.15) is 0 Å². The van der Waals surface area contributed by atoms with E-state index in [1.165, 1.54) is 11.3 Å². The van der Waals surface area contributed by atoms with Crippen LogP contribution in [0.25, 0.3) is 0 Å². The minimum Gasteiger partial charge on any atom is -0.454 e. The van der Waals surface area contributed by atoms with E-state index >= 15 is 0 Å². The van der Waals surface area contributed by atoms with Gasteiger partial charge in [0.25, 0.3) is 0 Å². The Bertz CT molecular complexity index is 1010. The van der Waals surface area contributed by atoms with E-state index in [4.69, 9.17) is 4.74 Å². The highest BCUT2D eigenvalue weighted by molar-refractivity contribution is 7.91. The summed E-state index contributed by atoms with van der Waals surface area (Å²) < 4.78 is 30.7. The highest BCUT2D eigenvalue weighted by Crippen LogP contribution is 2.29. The number of aromatic nitrogens is 1. The molecule has 27 heavy (non-hydrogen) atoms. The lowest BCUT2D eigenvalue weighted by Gasteiger charge is -2.16. The molecule has 2 aromatic rings. The quantitative estimate of drug-likeness (QED) is 0.559. The predicted octanol–water partition coefficient (Wildman–Crippen LogP) is 3.18. The van der Waals surface area contributed by atoms with Crippen molar-refractivity contribution in [2.24, 2.45) is 0 Å². The van der Waals surface area contributed by atoms with Crippen LogP contribution in [0.3, 0.4) is 0 Å². The fraction of sp³-hybridized carbons (Fsp3) is 0.474. The lowest BCUT2D eigenvalue weighted by molar-refractivity contribution is 0.0474. The van der Waals surface area contributed by atoms with Crippen LogP contribution in [0.2, 0.25) is 0 Å². The number of carbonyl (C=O) groups is 2. The molecule has 0 radical (unpaired) electrons. The zero-order valence-electron chi connectivity index (χ0n) is 15.9. The highest BCUT2D eigenvalue weighted by Gasteiger charge is 2.31. The average Bonchev–Trinajstić information content (AvgIpc) is 3.20. The first-order valence-corrected chi connectivity index (χ1v) is 11.4. The summed E-state index contributed by atoms with van der Waals surface area (Å²) in [5, 5.41) is 0. The molecular formula is C19H23NO5S2. The van der Waals surface area contributed by atoms with Gasteiger partial charge in [0.05, 0.1) is 17.1 Å². The molecule has 0 unspecified atom stereocenters. The monoisotopic (exact) mass is 409 g/mol. The number of esters is 1. The second-order valence-electron chi connectivity index (χ2n) is 7.04. The molecule has 0 spiro atoms. The van der Waals surface area contributed by atoms with Gasteiger partial charge in [0.1, 0.15) is 0 Å². The number of rotatable bonds is 5. The molecule has 1 aliphatic rings. The van der Waals surface area contributed by atoms with Crippen molar-refractivity contribution in [1.29, 1.82) is 0 Å². The van der Waals surface area contributed by atoms with E-state index < -0.39 is 15.8 Å². The highest BCUT2D eigenvalue weighted by atomic mass is 32.2. The van der Waals surface area contributed by atoms with Crippen LogP contribution in [-0.4, -0.2) is 42.9 Å². The number of thiophene rings is 1. The fourth-order valence-electron chi connectivity index (χ4n) is 3.72. The maximum atomic E-state index is 12.6. The van der Waals surface area contributed by atoms with Gasteiger partial charge < -0.3 is 9.30 Å². The first kappa shape index (κ1) is 19.8. The summed E-state index contributed by atoms with van der Waals surface area (Å²) in [6, 6.07) is 3.37. The molecular weight excluding hydrogens is 386 g/mol. The molecule has 0 aromatic carbocycles. The van der Waals surface area contributed by atoms with E-state index in [0.717, 1.165) is 21.1 Å². The maximum Gasteiger partial charge on any atom is 0.339 e. The lowest BCUT2D eigenvalue weighted by atomic mass is 10.1. The number of carbonyl (C=O) groups excluding carboxylic acids is 2. The molecule has 0 saturated carbocycles. The third kappa shape index (κ3) is 4.01. The Balaban J connectivity index is 1.73. The van der Waals surface area contributed by atoms with Crippen LogP contribution in [0.4, 0.5) is 0 Å². The Hall–Kier alpha value is -1.93. The summed E-state index contributed by atoms with van der Waals surface area (Å²) in [6.07, 6.45) is 0.554. The number of aryl methyl sites for hydroxylation is 3. The molecule has 146 valence electrons. The van der Waals surface area contributed by atoms with Crippen LogP contribution in [-0.2, 0) is 14.6 Å². The van der Waals surface area contributed by atoms with Crippen molar-refractivity contribution in [3.8, 4) is 0 Å². The Kier molecular flexibility index (Phi) is 5.31. The standard InChI is InChI=1S/C19H23NO5S2/c1-11-7-16(13(3)20(11)15-5-6-27(23,24)10-15)18(21)9-25-19(22)17-8-12(2)26-14(17)4/h7-8,15H,5-6,9-10H2,1-4H3/t15-/m0/s1. The molecule has 2 aromatic heterocycles. The van der Waals surface area contributed by atoms with Crippen molar-refractivity contribution >= 4 is 32.9 Å². The zero-order chi connectivity index (χ0) is 19.9. The topological polar surface area (TPSA) is 82.4 Å². The Morgan fingerprint density at radius 1 is 1.19 bits per heavy atom. The van der Waals surface area contributed by atoms with Crippen molar-refractivity contribution in [2.75, 3.05) is 18.1 Å². The van der Waals surface area contributed by atoms with Crippen molar-refractivity contribution in [3.63, 3.8) is 0 Å². The molecule has 0 aliphatic carbocycles. The summed E-state index contributed by atoms with van der Waals surface area (Å²) in [4.78, 5) is 26.7. The van der Waals surface area contributed by atoms with Gasteiger partial charge in [-0.15, -0.1) is 11.3 Å². The minimum atomic E-state index is -3.02. The van der Waals surface area contributed by atoms with Gasteiger partial charge in [-0.3, -0.25) is 4.79 Å². The smallest absolute Gasteiger partial charge is 0.339 e. The fourth-order valence-corrected chi connectivity index (χ4v) is 6.33. The second kappa shape index (κ2) is 7.24. The number of hydrogen-bond acceptors (Lipinski definition) is 6.